The zero-order valence-corrected chi connectivity index (χ0v) is 11.1. The Balaban J connectivity index is 2.31. The lowest BCUT2D eigenvalue weighted by atomic mass is 10.1. The highest BCUT2D eigenvalue weighted by Gasteiger charge is 2.15. The van der Waals surface area contributed by atoms with E-state index in [1.54, 1.807) is 6.92 Å². The maximum absolute atomic E-state index is 13.7. The van der Waals surface area contributed by atoms with Crippen molar-refractivity contribution in [3.8, 4) is 0 Å². The second kappa shape index (κ2) is 5.58. The molecule has 0 aliphatic carbocycles. The third-order valence-electron chi connectivity index (χ3n) is 2.92. The molecule has 0 fully saturated rings. The number of amides is 1. The number of hydrogen-bond acceptors (Lipinski definition) is 4. The van der Waals surface area contributed by atoms with E-state index in [0.29, 0.717) is 5.56 Å². The standard InChI is InChI=1S/C14H12FN3O3/c1-8-2-4-10(18(20)21)7-13(8)17-14(19)11-5-3-9(16)6-12(11)15/h2-7H,16H2,1H3,(H,17,19). The van der Waals surface area contributed by atoms with Crippen LogP contribution in [0.3, 0.4) is 0 Å². The molecule has 0 aromatic heterocycles. The van der Waals surface area contributed by atoms with Crippen molar-refractivity contribution in [1.29, 1.82) is 0 Å². The highest BCUT2D eigenvalue weighted by Crippen LogP contribution is 2.23. The average Bonchev–Trinajstić information content (AvgIpc) is 2.40. The maximum atomic E-state index is 13.7. The molecule has 21 heavy (non-hydrogen) atoms. The molecule has 0 aliphatic rings. The lowest BCUT2D eigenvalue weighted by molar-refractivity contribution is -0.384. The number of nitrogens with zero attached hydrogens (tertiary/aromatic N) is 1. The fraction of sp³-hybridized carbons (Fsp3) is 0.0714. The summed E-state index contributed by atoms with van der Waals surface area (Å²) in [5.74, 6) is -1.45. The number of rotatable bonds is 3. The molecule has 0 radical (unpaired) electrons. The molecule has 1 amide bonds. The smallest absolute Gasteiger partial charge is 0.271 e. The number of aryl methyl sites for hydroxylation is 1. The number of carbonyl (C=O) groups excluding carboxylic acids is 1. The molecule has 2 rings (SSSR count). The predicted molar refractivity (Wildman–Crippen MR) is 76.6 cm³/mol. The van der Waals surface area contributed by atoms with Gasteiger partial charge in [-0.25, -0.2) is 4.39 Å². The highest BCUT2D eigenvalue weighted by molar-refractivity contribution is 6.05. The van der Waals surface area contributed by atoms with E-state index in [4.69, 9.17) is 5.73 Å². The van der Waals surface area contributed by atoms with Crippen LogP contribution in [0.15, 0.2) is 36.4 Å². The fourth-order valence-electron chi connectivity index (χ4n) is 1.76. The normalized spacial score (nSPS) is 10.2. The van der Waals surface area contributed by atoms with Crippen molar-refractivity contribution < 1.29 is 14.1 Å². The van der Waals surface area contributed by atoms with Gasteiger partial charge in [0.1, 0.15) is 5.82 Å². The molecule has 0 atom stereocenters. The van der Waals surface area contributed by atoms with Crippen LogP contribution in [-0.4, -0.2) is 10.8 Å². The number of non-ortho nitro benzene ring substituents is 1. The van der Waals surface area contributed by atoms with E-state index in [-0.39, 0.29) is 22.6 Å². The van der Waals surface area contributed by atoms with Crippen LogP contribution in [0.1, 0.15) is 15.9 Å². The Morgan fingerprint density at radius 3 is 2.62 bits per heavy atom. The summed E-state index contributed by atoms with van der Waals surface area (Å²) >= 11 is 0. The summed E-state index contributed by atoms with van der Waals surface area (Å²) in [6.45, 7) is 1.68. The van der Waals surface area contributed by atoms with Crippen molar-refractivity contribution in [2.24, 2.45) is 0 Å². The van der Waals surface area contributed by atoms with Gasteiger partial charge in [0, 0.05) is 17.8 Å². The largest absolute Gasteiger partial charge is 0.399 e. The number of nitro groups is 1. The maximum Gasteiger partial charge on any atom is 0.271 e. The molecule has 0 heterocycles. The number of hydrogen-bond donors (Lipinski definition) is 2. The zero-order valence-electron chi connectivity index (χ0n) is 11.1. The fourth-order valence-corrected chi connectivity index (χ4v) is 1.76. The SMILES string of the molecule is Cc1ccc([N+](=O)[O-])cc1NC(=O)c1ccc(N)cc1F. The molecule has 0 saturated heterocycles. The van der Waals surface area contributed by atoms with Gasteiger partial charge in [0.05, 0.1) is 16.2 Å². The van der Waals surface area contributed by atoms with Gasteiger partial charge in [-0.05, 0) is 30.7 Å². The molecule has 7 heteroatoms. The lowest BCUT2D eigenvalue weighted by Crippen LogP contribution is -2.15. The number of nitrogen functional groups attached to an aromatic ring is 1. The summed E-state index contributed by atoms with van der Waals surface area (Å²) in [7, 11) is 0. The van der Waals surface area contributed by atoms with Gasteiger partial charge >= 0.3 is 0 Å². The minimum atomic E-state index is -0.754. The number of carbonyl (C=O) groups is 1. The van der Waals surface area contributed by atoms with E-state index in [9.17, 15) is 19.3 Å². The monoisotopic (exact) mass is 289 g/mol. The van der Waals surface area contributed by atoms with Crippen molar-refractivity contribution in [3.63, 3.8) is 0 Å². The number of benzene rings is 2. The Kier molecular flexibility index (Phi) is 3.84. The Bertz CT molecular complexity index is 731. The quantitative estimate of drug-likeness (QED) is 0.515. The van der Waals surface area contributed by atoms with Crippen molar-refractivity contribution in [3.05, 3.63) is 63.5 Å². The molecule has 0 spiro atoms. The van der Waals surface area contributed by atoms with Gasteiger partial charge in [0.15, 0.2) is 0 Å². The van der Waals surface area contributed by atoms with Gasteiger partial charge in [-0.15, -0.1) is 0 Å². The van der Waals surface area contributed by atoms with Crippen LogP contribution in [0.5, 0.6) is 0 Å². The summed E-state index contributed by atoms with van der Waals surface area (Å²) in [4.78, 5) is 22.2. The van der Waals surface area contributed by atoms with E-state index in [1.165, 1.54) is 30.3 Å². The molecule has 3 N–H and O–H groups in total. The molecule has 2 aromatic rings. The molecule has 2 aromatic carbocycles. The summed E-state index contributed by atoms with van der Waals surface area (Å²) in [5.41, 5.74) is 6.16. The number of nitrogens with two attached hydrogens (primary N) is 1. The van der Waals surface area contributed by atoms with E-state index in [2.05, 4.69) is 5.32 Å². The van der Waals surface area contributed by atoms with Gasteiger partial charge in [0.2, 0.25) is 0 Å². The number of nitrogens with one attached hydrogen (secondary N) is 1. The Morgan fingerprint density at radius 1 is 1.29 bits per heavy atom. The Morgan fingerprint density at radius 2 is 2.00 bits per heavy atom. The van der Waals surface area contributed by atoms with Crippen LogP contribution in [0.25, 0.3) is 0 Å². The van der Waals surface area contributed by atoms with E-state index in [1.807, 2.05) is 0 Å². The van der Waals surface area contributed by atoms with Crippen molar-refractivity contribution in [1.82, 2.24) is 0 Å². The molecule has 108 valence electrons. The minimum absolute atomic E-state index is 0.159. The van der Waals surface area contributed by atoms with Crippen LogP contribution in [0, 0.1) is 22.9 Å². The second-order valence-corrected chi connectivity index (χ2v) is 4.45. The zero-order chi connectivity index (χ0) is 15.6. The molecule has 0 bridgehead atoms. The first-order valence-corrected chi connectivity index (χ1v) is 6.00. The number of nitro benzene ring substituents is 1. The third-order valence-corrected chi connectivity index (χ3v) is 2.92. The van der Waals surface area contributed by atoms with Crippen LogP contribution < -0.4 is 11.1 Å². The topological polar surface area (TPSA) is 98.3 Å². The van der Waals surface area contributed by atoms with Gasteiger partial charge in [-0.1, -0.05) is 6.07 Å². The van der Waals surface area contributed by atoms with Crippen LogP contribution in [0.2, 0.25) is 0 Å². The first-order chi connectivity index (χ1) is 9.88. The van der Waals surface area contributed by atoms with Gasteiger partial charge in [-0.2, -0.15) is 0 Å². The molecule has 6 nitrogen and oxygen atoms in total. The summed E-state index contributed by atoms with van der Waals surface area (Å²) in [6, 6.07) is 7.75. The molecular weight excluding hydrogens is 277 g/mol. The first kappa shape index (κ1) is 14.4. The number of anilines is 2. The van der Waals surface area contributed by atoms with Crippen molar-refractivity contribution in [2.45, 2.75) is 6.92 Å². The van der Waals surface area contributed by atoms with Gasteiger partial charge in [-0.3, -0.25) is 14.9 Å². The Labute approximate surface area is 119 Å². The van der Waals surface area contributed by atoms with E-state index < -0.39 is 16.6 Å². The van der Waals surface area contributed by atoms with Gasteiger partial charge < -0.3 is 11.1 Å². The van der Waals surface area contributed by atoms with E-state index in [0.717, 1.165) is 6.07 Å². The molecule has 0 aliphatic heterocycles. The predicted octanol–water partition coefficient (Wildman–Crippen LogP) is 2.88. The van der Waals surface area contributed by atoms with Crippen LogP contribution >= 0.6 is 0 Å². The molecular formula is C14H12FN3O3. The van der Waals surface area contributed by atoms with Crippen LogP contribution in [-0.2, 0) is 0 Å². The third kappa shape index (κ3) is 3.14. The summed E-state index contributed by atoms with van der Waals surface area (Å²) < 4.78 is 13.7. The second-order valence-electron chi connectivity index (χ2n) is 4.45. The first-order valence-electron chi connectivity index (χ1n) is 6.00. The lowest BCUT2D eigenvalue weighted by Gasteiger charge is -2.09. The highest BCUT2D eigenvalue weighted by atomic mass is 19.1. The molecule has 0 saturated carbocycles. The summed E-state index contributed by atoms with van der Waals surface area (Å²) in [6.07, 6.45) is 0. The van der Waals surface area contributed by atoms with Gasteiger partial charge in [0.25, 0.3) is 11.6 Å². The van der Waals surface area contributed by atoms with Crippen molar-refractivity contribution >= 4 is 23.0 Å². The average molecular weight is 289 g/mol. The van der Waals surface area contributed by atoms with Crippen molar-refractivity contribution in [2.75, 3.05) is 11.1 Å². The van der Waals surface area contributed by atoms with E-state index >= 15 is 0 Å². The summed E-state index contributed by atoms with van der Waals surface area (Å²) in [5, 5.41) is 13.2. The Hall–Kier alpha value is -2.96. The molecule has 0 unspecified atom stereocenters. The van der Waals surface area contributed by atoms with Crippen LogP contribution in [0.4, 0.5) is 21.5 Å². The number of halogens is 1. The minimum Gasteiger partial charge on any atom is -0.399 e.